The van der Waals surface area contributed by atoms with E-state index in [2.05, 4.69) is 25.1 Å². The van der Waals surface area contributed by atoms with Crippen LogP contribution in [-0.2, 0) is 20.6 Å². The maximum Gasteiger partial charge on any atom is 0.247 e. The van der Waals surface area contributed by atoms with Gasteiger partial charge in [0.1, 0.15) is 22.4 Å². The summed E-state index contributed by atoms with van der Waals surface area (Å²) in [5.41, 5.74) is 5.51. The van der Waals surface area contributed by atoms with Crippen LogP contribution < -0.4 is 0 Å². The van der Waals surface area contributed by atoms with Crippen LogP contribution in [0.25, 0.3) is 44.1 Å². The van der Waals surface area contributed by atoms with E-state index >= 15 is 0 Å². The number of H-pyrrole nitrogens is 1. The minimum Gasteiger partial charge on any atom is -0.395 e. The fourth-order valence-electron chi connectivity index (χ4n) is 6.24. The molecule has 0 saturated heterocycles. The Labute approximate surface area is 322 Å². The number of rotatable bonds is 8. The molecule has 0 fully saturated rings. The molecule has 0 radical (unpaired) electrons. The van der Waals surface area contributed by atoms with E-state index in [1.54, 1.807) is 77.1 Å². The van der Waals surface area contributed by atoms with E-state index in [-0.39, 0.29) is 29.8 Å². The molecular formula is C38H28Cl4N8O3. The number of hydrogen-bond donors (Lipinski definition) is 2. The van der Waals surface area contributed by atoms with Gasteiger partial charge in [-0.2, -0.15) is 10.2 Å². The molecule has 0 aliphatic rings. The number of nitrogens with zero attached hydrogens (tertiary/aromatic N) is 7. The lowest BCUT2D eigenvalue weighted by atomic mass is 10.0. The second-order valence-corrected chi connectivity index (χ2v) is 13.5. The first kappa shape index (κ1) is 36.1. The van der Waals surface area contributed by atoms with Crippen molar-refractivity contribution in [2.24, 2.45) is 14.1 Å². The van der Waals surface area contributed by atoms with Gasteiger partial charge < -0.3 is 14.7 Å². The first-order valence-electron chi connectivity index (χ1n) is 16.1. The molecular weight excluding hydrogens is 758 g/mol. The quantitative estimate of drug-likeness (QED) is 0.148. The maximum absolute atomic E-state index is 13.2. The minimum atomic E-state index is -0.261. The number of fused-ring (bicyclic) bond motifs is 2. The largest absolute Gasteiger partial charge is 0.395 e. The van der Waals surface area contributed by atoms with Crippen LogP contribution in [0, 0.1) is 0 Å². The molecule has 0 aliphatic carbocycles. The number of nitrogens with one attached hydrogen (secondary N) is 1. The van der Waals surface area contributed by atoms with Gasteiger partial charge >= 0.3 is 0 Å². The normalized spacial score (nSPS) is 11.2. The summed E-state index contributed by atoms with van der Waals surface area (Å²) in [6.07, 6.45) is 6.37. The zero-order chi connectivity index (χ0) is 37.4. The van der Waals surface area contributed by atoms with Gasteiger partial charge in [0, 0.05) is 98.5 Å². The molecule has 2 N–H and O–H groups in total. The predicted octanol–water partition coefficient (Wildman–Crippen LogP) is 8.47. The maximum atomic E-state index is 13.2. The van der Waals surface area contributed by atoms with Gasteiger partial charge in [-0.15, -0.1) is 0 Å². The van der Waals surface area contributed by atoms with Crippen molar-refractivity contribution in [2.45, 2.75) is 6.54 Å². The highest BCUT2D eigenvalue weighted by Gasteiger charge is 2.25. The van der Waals surface area contributed by atoms with Crippen LogP contribution in [0.1, 0.15) is 32.6 Å². The molecule has 4 heterocycles. The SMILES string of the molecule is Cn1nc2c(-c3ccc(Cl)cc3Cl)cccc2c1C(=O)c1ncc[nH]1.Cn1nc2c(-c3ccc(Cl)cc3Cl)cccc2c1C(=O)c1nccn1CCO. The zero-order valence-corrected chi connectivity index (χ0v) is 31.1. The summed E-state index contributed by atoms with van der Waals surface area (Å²) in [4.78, 5) is 37.0. The molecule has 0 aliphatic heterocycles. The highest BCUT2D eigenvalue weighted by atomic mass is 35.5. The van der Waals surface area contributed by atoms with Crippen molar-refractivity contribution < 1.29 is 14.7 Å². The van der Waals surface area contributed by atoms with Gasteiger partial charge in [-0.1, -0.05) is 94.9 Å². The molecule has 15 heteroatoms. The number of aliphatic hydroxyl groups excluding tert-OH is 1. The van der Waals surface area contributed by atoms with Crippen LogP contribution in [-0.4, -0.2) is 62.4 Å². The fourth-order valence-corrected chi connectivity index (χ4v) is 7.26. The first-order chi connectivity index (χ1) is 25.6. The lowest BCUT2D eigenvalue weighted by Gasteiger charge is -2.07. The second-order valence-electron chi connectivity index (χ2n) is 11.9. The molecule has 0 unspecified atom stereocenters. The monoisotopic (exact) mass is 784 g/mol. The molecule has 11 nitrogen and oxygen atoms in total. The molecule has 8 rings (SSSR count). The average molecular weight is 787 g/mol. The number of hydrogen-bond acceptors (Lipinski definition) is 7. The molecule has 53 heavy (non-hydrogen) atoms. The molecule has 0 amide bonds. The van der Waals surface area contributed by atoms with E-state index < -0.39 is 0 Å². The Morgan fingerprint density at radius 2 is 1.25 bits per heavy atom. The molecule has 0 spiro atoms. The highest BCUT2D eigenvalue weighted by molar-refractivity contribution is 6.37. The second kappa shape index (κ2) is 15.0. The van der Waals surface area contributed by atoms with Gasteiger partial charge in [0.15, 0.2) is 11.6 Å². The van der Waals surface area contributed by atoms with Crippen LogP contribution in [0.5, 0.6) is 0 Å². The van der Waals surface area contributed by atoms with Crippen LogP contribution in [0.15, 0.2) is 97.6 Å². The van der Waals surface area contributed by atoms with Crippen LogP contribution in [0.2, 0.25) is 20.1 Å². The number of aryl methyl sites for hydroxylation is 2. The Balaban J connectivity index is 0.000000165. The fraction of sp³-hybridized carbons (Fsp3) is 0.105. The van der Waals surface area contributed by atoms with Gasteiger partial charge in [-0.3, -0.25) is 19.0 Å². The minimum absolute atomic E-state index is 0.0814. The van der Waals surface area contributed by atoms with Gasteiger partial charge in [0.25, 0.3) is 0 Å². The molecule has 8 aromatic rings. The number of aromatic nitrogens is 8. The number of carbonyl (C=O) groups is 2. The smallest absolute Gasteiger partial charge is 0.247 e. The van der Waals surface area contributed by atoms with Crippen LogP contribution >= 0.6 is 46.4 Å². The van der Waals surface area contributed by atoms with E-state index in [1.807, 2.05) is 48.5 Å². The van der Waals surface area contributed by atoms with E-state index in [9.17, 15) is 14.7 Å². The van der Waals surface area contributed by atoms with E-state index in [1.165, 1.54) is 0 Å². The van der Waals surface area contributed by atoms with Gasteiger partial charge in [-0.25, -0.2) is 9.97 Å². The number of benzene rings is 4. The third-order valence-corrected chi connectivity index (χ3v) is 9.67. The van der Waals surface area contributed by atoms with Gasteiger partial charge in [0.05, 0.1) is 6.61 Å². The van der Waals surface area contributed by atoms with E-state index in [4.69, 9.17) is 46.4 Å². The lowest BCUT2D eigenvalue weighted by Crippen LogP contribution is -2.16. The number of ketones is 2. The van der Waals surface area contributed by atoms with Crippen LogP contribution in [0.3, 0.4) is 0 Å². The van der Waals surface area contributed by atoms with Crippen molar-refractivity contribution in [1.29, 1.82) is 0 Å². The molecule has 0 atom stereocenters. The summed E-state index contributed by atoms with van der Waals surface area (Å²) >= 11 is 24.7. The van der Waals surface area contributed by atoms with E-state index in [0.717, 1.165) is 27.6 Å². The lowest BCUT2D eigenvalue weighted by molar-refractivity contribution is 0.101. The van der Waals surface area contributed by atoms with Gasteiger partial charge in [-0.05, 0) is 24.3 Å². The number of aliphatic hydroxyl groups is 1. The Hall–Kier alpha value is -5.30. The van der Waals surface area contributed by atoms with Crippen molar-refractivity contribution in [1.82, 2.24) is 39.1 Å². The summed E-state index contributed by atoms with van der Waals surface area (Å²) in [7, 11) is 3.46. The van der Waals surface area contributed by atoms with Crippen molar-refractivity contribution in [2.75, 3.05) is 6.61 Å². The number of imidazole rings is 2. The molecule has 4 aromatic carbocycles. The summed E-state index contributed by atoms with van der Waals surface area (Å²) in [6.45, 7) is 0.213. The van der Waals surface area contributed by atoms with Crippen molar-refractivity contribution in [3.8, 4) is 22.3 Å². The number of carbonyl (C=O) groups excluding carboxylic acids is 2. The van der Waals surface area contributed by atoms with Gasteiger partial charge in [0.2, 0.25) is 11.6 Å². The molecule has 266 valence electrons. The number of aromatic amines is 1. The zero-order valence-electron chi connectivity index (χ0n) is 28.1. The Bertz CT molecular complexity index is 2660. The first-order valence-corrected chi connectivity index (χ1v) is 17.6. The summed E-state index contributed by atoms with van der Waals surface area (Å²) in [5.74, 6) is 0.0610. The number of halogens is 4. The van der Waals surface area contributed by atoms with Crippen LogP contribution in [0.4, 0.5) is 0 Å². The average Bonchev–Trinajstić information content (AvgIpc) is 3.94. The predicted molar refractivity (Wildman–Crippen MR) is 207 cm³/mol. The summed E-state index contributed by atoms with van der Waals surface area (Å²) in [5, 5.41) is 21.9. The van der Waals surface area contributed by atoms with Crippen molar-refractivity contribution in [3.63, 3.8) is 0 Å². The molecule has 4 aromatic heterocycles. The van der Waals surface area contributed by atoms with Crippen molar-refractivity contribution >= 4 is 79.8 Å². The highest BCUT2D eigenvalue weighted by Crippen LogP contribution is 2.37. The molecule has 0 bridgehead atoms. The Morgan fingerprint density at radius 1 is 0.698 bits per heavy atom. The van der Waals surface area contributed by atoms with E-state index in [0.29, 0.717) is 54.4 Å². The summed E-state index contributed by atoms with van der Waals surface area (Å²) < 4.78 is 4.75. The topological polar surface area (TPSA) is 137 Å². The molecule has 0 saturated carbocycles. The van der Waals surface area contributed by atoms with Crippen molar-refractivity contribution in [3.05, 3.63) is 141 Å². The summed E-state index contributed by atoms with van der Waals surface area (Å²) in [6, 6.07) is 21.9. The third-order valence-electron chi connectivity index (χ3n) is 8.58. The third kappa shape index (κ3) is 6.85. The Morgan fingerprint density at radius 3 is 1.74 bits per heavy atom. The standard InChI is InChI=1S/C20H16Cl2N4O2.C18H12Cl2N4O/c1-25-18(19(28)20-23-7-8-26(20)9-10-27)15-4-2-3-14(17(15)24-25)13-6-5-12(21)11-16(13)22;1-24-16(17(25)18-21-7-8-22-18)13-4-2-3-12(15(13)23-24)11-6-5-10(19)9-14(11)20/h2-8,11,27H,9-10H2,1H3;2-9H,1H3,(H,21,22). The Kier molecular flexibility index (Phi) is 10.2.